The Morgan fingerprint density at radius 3 is 2.74 bits per heavy atom. The number of carbonyl (C=O) groups is 1. The summed E-state index contributed by atoms with van der Waals surface area (Å²) in [6, 6.07) is 5.27. The molecule has 1 aliphatic rings. The van der Waals surface area contributed by atoms with Crippen LogP contribution < -0.4 is 15.8 Å². The number of anilines is 2. The van der Waals surface area contributed by atoms with Crippen LogP contribution in [0.5, 0.6) is 5.75 Å². The second kappa shape index (κ2) is 8.69. The summed E-state index contributed by atoms with van der Waals surface area (Å²) in [5.74, 6) is 0.280. The number of ether oxygens (including phenoxy) is 1. The molecule has 2 heterocycles. The summed E-state index contributed by atoms with van der Waals surface area (Å²) >= 11 is 0. The van der Waals surface area contributed by atoms with E-state index < -0.39 is 5.91 Å². The number of primary amides is 1. The highest BCUT2D eigenvalue weighted by atomic mass is 16.5. The van der Waals surface area contributed by atoms with Gasteiger partial charge in [0.2, 0.25) is 0 Å². The van der Waals surface area contributed by atoms with Gasteiger partial charge in [0.15, 0.2) is 0 Å². The van der Waals surface area contributed by atoms with E-state index in [1.807, 2.05) is 0 Å². The molecule has 11 heteroatoms. The van der Waals surface area contributed by atoms with E-state index >= 15 is 0 Å². The molecule has 1 amide bonds. The predicted octanol–water partition coefficient (Wildman–Crippen LogP) is 2.57. The van der Waals surface area contributed by atoms with Crippen molar-refractivity contribution in [2.24, 2.45) is 10.7 Å². The van der Waals surface area contributed by atoms with Crippen molar-refractivity contribution in [3.05, 3.63) is 42.4 Å². The lowest BCUT2D eigenvalue weighted by Crippen LogP contribution is -2.18. The van der Waals surface area contributed by atoms with Gasteiger partial charge >= 0.3 is 0 Å². The summed E-state index contributed by atoms with van der Waals surface area (Å²) in [7, 11) is 1.55. The fraction of sp³-hybridized carbons (Fsp3) is 0.250. The maximum Gasteiger partial charge on any atom is 0.254 e. The molecular formula is C20H21N9O2. The molecule has 1 aliphatic carbocycles. The summed E-state index contributed by atoms with van der Waals surface area (Å²) in [4.78, 5) is 26.3. The van der Waals surface area contributed by atoms with E-state index in [9.17, 15) is 4.79 Å². The first-order chi connectivity index (χ1) is 15.0. The second-order valence-corrected chi connectivity index (χ2v) is 6.87. The highest BCUT2D eigenvalue weighted by Gasteiger charge is 2.17. The molecule has 158 valence electrons. The number of amides is 1. The van der Waals surface area contributed by atoms with E-state index in [1.165, 1.54) is 11.0 Å². The van der Waals surface area contributed by atoms with Gasteiger partial charge in [-0.3, -0.25) is 4.79 Å². The van der Waals surface area contributed by atoms with Crippen LogP contribution in [0.3, 0.4) is 0 Å². The molecule has 0 unspecified atom stereocenters. The summed E-state index contributed by atoms with van der Waals surface area (Å²) < 4.78 is 5.38. The minimum absolute atomic E-state index is 0.122. The number of benzene rings is 1. The van der Waals surface area contributed by atoms with Gasteiger partial charge in [0.25, 0.3) is 11.9 Å². The lowest BCUT2D eigenvalue weighted by Gasteiger charge is -2.14. The molecule has 31 heavy (non-hydrogen) atoms. The fourth-order valence-electron chi connectivity index (χ4n) is 3.24. The lowest BCUT2D eigenvalue weighted by atomic mass is 9.96. The number of rotatable bonds is 6. The zero-order chi connectivity index (χ0) is 21.8. The first kappa shape index (κ1) is 20.1. The van der Waals surface area contributed by atoms with Crippen LogP contribution in [0, 0.1) is 5.41 Å². The van der Waals surface area contributed by atoms with Crippen molar-refractivity contribution >= 4 is 34.8 Å². The summed E-state index contributed by atoms with van der Waals surface area (Å²) in [6.45, 7) is 0. The Hall–Kier alpha value is -4.15. The van der Waals surface area contributed by atoms with Crippen LogP contribution in [0.15, 0.2) is 41.8 Å². The number of methoxy groups -OCH3 is 1. The van der Waals surface area contributed by atoms with E-state index in [-0.39, 0.29) is 17.3 Å². The topological polar surface area (TPSA) is 157 Å². The van der Waals surface area contributed by atoms with E-state index in [1.54, 1.807) is 37.7 Å². The third kappa shape index (κ3) is 4.39. The molecule has 0 radical (unpaired) electrons. The number of nitrogens with one attached hydrogen (secondary N) is 2. The monoisotopic (exact) mass is 419 g/mol. The van der Waals surface area contributed by atoms with Crippen molar-refractivity contribution in [1.29, 1.82) is 5.41 Å². The third-order valence-electron chi connectivity index (χ3n) is 4.79. The van der Waals surface area contributed by atoms with Crippen LogP contribution in [-0.4, -0.2) is 49.4 Å². The van der Waals surface area contributed by atoms with Gasteiger partial charge in [0.1, 0.15) is 22.8 Å². The van der Waals surface area contributed by atoms with Gasteiger partial charge in [-0.15, -0.1) is 4.80 Å². The SMILES string of the molecule is COc1ccc(Nc2nc(/N=C3\CCCCC3=N)ncc2C(N)=O)cc1-n1nccn1. The van der Waals surface area contributed by atoms with Crippen molar-refractivity contribution in [2.45, 2.75) is 25.7 Å². The number of hydrogen-bond acceptors (Lipinski definition) is 9. The highest BCUT2D eigenvalue weighted by molar-refractivity contribution is 6.42. The van der Waals surface area contributed by atoms with Crippen molar-refractivity contribution in [1.82, 2.24) is 25.0 Å². The van der Waals surface area contributed by atoms with Gasteiger partial charge in [-0.2, -0.15) is 15.2 Å². The van der Waals surface area contributed by atoms with Gasteiger partial charge in [-0.25, -0.2) is 9.98 Å². The average Bonchev–Trinajstić information content (AvgIpc) is 3.30. The molecule has 0 spiro atoms. The highest BCUT2D eigenvalue weighted by Crippen LogP contribution is 2.28. The first-order valence-corrected chi connectivity index (χ1v) is 9.69. The predicted molar refractivity (Wildman–Crippen MR) is 115 cm³/mol. The molecule has 0 bridgehead atoms. The van der Waals surface area contributed by atoms with E-state index in [0.717, 1.165) is 12.8 Å². The Labute approximate surface area is 177 Å². The van der Waals surface area contributed by atoms with E-state index in [4.69, 9.17) is 15.9 Å². The maximum atomic E-state index is 11.9. The molecule has 0 saturated heterocycles. The molecule has 1 aromatic carbocycles. The number of aliphatic imine (C=N–C) groups is 1. The molecule has 1 fully saturated rings. The quantitative estimate of drug-likeness (QED) is 0.554. The van der Waals surface area contributed by atoms with E-state index in [0.29, 0.717) is 41.4 Å². The van der Waals surface area contributed by atoms with Gasteiger partial charge in [-0.05, 0) is 43.9 Å². The van der Waals surface area contributed by atoms with Crippen molar-refractivity contribution < 1.29 is 9.53 Å². The van der Waals surface area contributed by atoms with Crippen molar-refractivity contribution in [2.75, 3.05) is 12.4 Å². The molecule has 3 aromatic rings. The number of nitrogens with two attached hydrogens (primary N) is 1. The van der Waals surface area contributed by atoms with Crippen LogP contribution in [0.4, 0.5) is 17.5 Å². The molecule has 0 atom stereocenters. The summed E-state index contributed by atoms with van der Waals surface area (Å²) in [6.07, 6.45) is 7.81. The normalized spacial score (nSPS) is 15.1. The minimum atomic E-state index is -0.672. The van der Waals surface area contributed by atoms with Gasteiger partial charge in [0, 0.05) is 11.9 Å². The fourth-order valence-corrected chi connectivity index (χ4v) is 3.24. The second-order valence-electron chi connectivity index (χ2n) is 6.87. The van der Waals surface area contributed by atoms with Crippen molar-refractivity contribution in [3.63, 3.8) is 0 Å². The van der Waals surface area contributed by atoms with Crippen LogP contribution in [0.1, 0.15) is 36.0 Å². The van der Waals surface area contributed by atoms with E-state index in [2.05, 4.69) is 30.5 Å². The lowest BCUT2D eigenvalue weighted by molar-refractivity contribution is 0.100. The molecule has 2 aromatic heterocycles. The molecular weight excluding hydrogens is 398 g/mol. The molecule has 4 rings (SSSR count). The summed E-state index contributed by atoms with van der Waals surface area (Å²) in [5, 5.41) is 19.4. The average molecular weight is 419 g/mol. The molecule has 1 saturated carbocycles. The smallest absolute Gasteiger partial charge is 0.254 e. The molecule has 11 nitrogen and oxygen atoms in total. The Morgan fingerprint density at radius 1 is 1.26 bits per heavy atom. The molecule has 4 N–H and O–H groups in total. The standard InChI is InChI=1S/C20H21N9O2/c1-31-17-7-6-12(10-16(17)29-24-8-9-25-29)26-19-13(18(22)30)11-23-20(28-19)27-15-5-3-2-4-14(15)21/h6-11,21H,2-5H2,1H3,(H2,22,30)(H,23,26,28)/b21-14?,27-15+. The van der Waals surface area contributed by atoms with Gasteiger partial charge in [0.05, 0.1) is 30.9 Å². The molecule has 0 aliphatic heterocycles. The number of hydrogen-bond donors (Lipinski definition) is 3. The zero-order valence-corrected chi connectivity index (χ0v) is 16.9. The number of nitrogens with zero attached hydrogens (tertiary/aromatic N) is 6. The Kier molecular flexibility index (Phi) is 5.65. The Morgan fingerprint density at radius 2 is 2.03 bits per heavy atom. The zero-order valence-electron chi connectivity index (χ0n) is 16.9. The third-order valence-corrected chi connectivity index (χ3v) is 4.79. The maximum absolute atomic E-state index is 11.9. The van der Waals surface area contributed by atoms with Crippen molar-refractivity contribution in [3.8, 4) is 11.4 Å². The Bertz CT molecular complexity index is 1160. The first-order valence-electron chi connectivity index (χ1n) is 9.69. The van der Waals surface area contributed by atoms with Gasteiger partial charge in [-0.1, -0.05) is 0 Å². The van der Waals surface area contributed by atoms with Crippen LogP contribution >= 0.6 is 0 Å². The van der Waals surface area contributed by atoms with Gasteiger partial charge < -0.3 is 21.2 Å². The van der Waals surface area contributed by atoms with Crippen LogP contribution in [-0.2, 0) is 0 Å². The summed E-state index contributed by atoms with van der Waals surface area (Å²) in [5.41, 5.74) is 8.00. The number of carbonyl (C=O) groups excluding carboxylic acids is 1. The minimum Gasteiger partial charge on any atom is -0.494 e. The number of aromatic nitrogens is 5. The van der Waals surface area contributed by atoms with Crippen LogP contribution in [0.2, 0.25) is 0 Å². The largest absolute Gasteiger partial charge is 0.494 e. The Balaban J connectivity index is 1.70. The van der Waals surface area contributed by atoms with Crippen LogP contribution in [0.25, 0.3) is 5.69 Å².